The number of H-pyrrole nitrogens is 1. The Bertz CT molecular complexity index is 890. The number of carbonyl (C=O) groups is 1. The second-order valence-electron chi connectivity index (χ2n) is 4.81. The predicted molar refractivity (Wildman–Crippen MR) is 84.6 cm³/mol. The number of hydrogen-bond acceptors (Lipinski definition) is 3. The van der Waals surface area contributed by atoms with Crippen molar-refractivity contribution in [3.8, 4) is 11.3 Å². The number of halogens is 1. The van der Waals surface area contributed by atoms with Crippen LogP contribution in [0.5, 0.6) is 0 Å². The van der Waals surface area contributed by atoms with Crippen LogP contribution in [0.2, 0.25) is 0 Å². The number of nitrogens with zero attached hydrogens (tertiary/aromatic N) is 1. The van der Waals surface area contributed by atoms with Gasteiger partial charge in [0, 0.05) is 11.3 Å². The molecule has 0 bridgehead atoms. The lowest BCUT2D eigenvalue weighted by Gasteiger charge is -2.06. The summed E-state index contributed by atoms with van der Waals surface area (Å²) in [5.41, 5.74) is 0.884. The molecule has 2 aromatic carbocycles. The van der Waals surface area contributed by atoms with E-state index < -0.39 is 11.6 Å². The zero-order valence-electron chi connectivity index (χ0n) is 11.9. The number of nitrogens with one attached hydrogen (secondary N) is 2. The monoisotopic (exact) mass is 309 g/mol. The maximum Gasteiger partial charge on any atom is 0.346 e. The number of carbonyl (C=O) groups excluding carboxylic acids is 1. The van der Waals surface area contributed by atoms with Crippen molar-refractivity contribution in [2.45, 2.75) is 0 Å². The van der Waals surface area contributed by atoms with Crippen LogP contribution in [0.15, 0.2) is 65.5 Å². The zero-order chi connectivity index (χ0) is 16.2. The molecular weight excluding hydrogens is 297 g/mol. The quantitative estimate of drug-likeness (QED) is 0.781. The lowest BCUT2D eigenvalue weighted by Crippen LogP contribution is -2.21. The van der Waals surface area contributed by atoms with Crippen molar-refractivity contribution in [3.05, 3.63) is 82.7 Å². The summed E-state index contributed by atoms with van der Waals surface area (Å²) in [6, 6.07) is 15.8. The van der Waals surface area contributed by atoms with Crippen LogP contribution >= 0.6 is 0 Å². The Labute approximate surface area is 130 Å². The van der Waals surface area contributed by atoms with Crippen LogP contribution in [0, 0.1) is 5.82 Å². The van der Waals surface area contributed by atoms with E-state index in [0.717, 1.165) is 0 Å². The number of amides is 1. The van der Waals surface area contributed by atoms with Gasteiger partial charge in [0.05, 0.1) is 5.69 Å². The summed E-state index contributed by atoms with van der Waals surface area (Å²) in [4.78, 5) is 30.1. The summed E-state index contributed by atoms with van der Waals surface area (Å²) in [5, 5.41) is 2.68. The van der Waals surface area contributed by atoms with Crippen LogP contribution in [0.1, 0.15) is 10.5 Å². The molecule has 0 radical (unpaired) electrons. The molecule has 2 N–H and O–H groups in total. The smallest absolute Gasteiger partial charge is 0.321 e. The van der Waals surface area contributed by atoms with Crippen molar-refractivity contribution < 1.29 is 9.18 Å². The summed E-state index contributed by atoms with van der Waals surface area (Å²) < 4.78 is 13.0. The normalized spacial score (nSPS) is 10.3. The molecule has 0 fully saturated rings. The molecule has 6 heteroatoms. The Morgan fingerprint density at radius 3 is 2.43 bits per heavy atom. The molecule has 0 spiro atoms. The highest BCUT2D eigenvalue weighted by Crippen LogP contribution is 2.17. The molecular formula is C17H12FN3O2. The number of aromatic nitrogens is 2. The molecule has 0 aliphatic heterocycles. The van der Waals surface area contributed by atoms with E-state index in [9.17, 15) is 14.0 Å². The molecule has 0 atom stereocenters. The van der Waals surface area contributed by atoms with Gasteiger partial charge in [0.2, 0.25) is 0 Å². The SMILES string of the molecule is O=C(Nc1ccccc1)c1cc(-c2ccc(F)cc2)nc(=O)[nH]1. The molecule has 1 aromatic heterocycles. The third-order valence-electron chi connectivity index (χ3n) is 3.16. The Hall–Kier alpha value is -3.28. The minimum atomic E-state index is -0.648. The Balaban J connectivity index is 1.92. The first-order valence-electron chi connectivity index (χ1n) is 6.85. The van der Waals surface area contributed by atoms with Gasteiger partial charge in [0.25, 0.3) is 5.91 Å². The van der Waals surface area contributed by atoms with E-state index in [0.29, 0.717) is 16.9 Å². The van der Waals surface area contributed by atoms with Gasteiger partial charge < -0.3 is 10.3 Å². The van der Waals surface area contributed by atoms with Crippen molar-refractivity contribution in [2.75, 3.05) is 5.32 Å². The number of rotatable bonds is 3. The third kappa shape index (κ3) is 3.49. The summed E-state index contributed by atoms with van der Waals surface area (Å²) in [7, 11) is 0. The Morgan fingerprint density at radius 1 is 1.04 bits per heavy atom. The molecule has 1 heterocycles. The fraction of sp³-hybridized carbons (Fsp3) is 0. The van der Waals surface area contributed by atoms with Crippen molar-refractivity contribution in [2.24, 2.45) is 0 Å². The number of anilines is 1. The molecule has 1 amide bonds. The van der Waals surface area contributed by atoms with Crippen molar-refractivity contribution in [1.82, 2.24) is 9.97 Å². The first kappa shape index (κ1) is 14.6. The van der Waals surface area contributed by atoms with Gasteiger partial charge in [-0.1, -0.05) is 18.2 Å². The third-order valence-corrected chi connectivity index (χ3v) is 3.16. The van der Waals surface area contributed by atoms with Gasteiger partial charge >= 0.3 is 5.69 Å². The molecule has 23 heavy (non-hydrogen) atoms. The molecule has 3 aromatic rings. The summed E-state index contributed by atoms with van der Waals surface area (Å²) >= 11 is 0. The van der Waals surface area contributed by atoms with Crippen LogP contribution in [0.3, 0.4) is 0 Å². The lowest BCUT2D eigenvalue weighted by molar-refractivity contribution is 0.102. The van der Waals surface area contributed by atoms with Crippen molar-refractivity contribution >= 4 is 11.6 Å². The zero-order valence-corrected chi connectivity index (χ0v) is 11.9. The minimum absolute atomic E-state index is 0.0770. The van der Waals surface area contributed by atoms with E-state index in [1.165, 1.54) is 30.3 Å². The van der Waals surface area contributed by atoms with Gasteiger partial charge in [0.1, 0.15) is 11.5 Å². The Morgan fingerprint density at radius 2 is 1.74 bits per heavy atom. The maximum absolute atomic E-state index is 13.0. The van der Waals surface area contributed by atoms with E-state index in [1.807, 2.05) is 6.07 Å². The fourth-order valence-electron chi connectivity index (χ4n) is 2.07. The number of benzene rings is 2. The minimum Gasteiger partial charge on any atom is -0.321 e. The van der Waals surface area contributed by atoms with E-state index in [2.05, 4.69) is 15.3 Å². The number of aromatic amines is 1. The van der Waals surface area contributed by atoms with Gasteiger partial charge in [-0.05, 0) is 42.5 Å². The van der Waals surface area contributed by atoms with Crippen LogP contribution in [-0.2, 0) is 0 Å². The first-order valence-corrected chi connectivity index (χ1v) is 6.85. The summed E-state index contributed by atoms with van der Waals surface area (Å²) in [6.07, 6.45) is 0. The summed E-state index contributed by atoms with van der Waals surface area (Å²) in [6.45, 7) is 0. The van der Waals surface area contributed by atoms with Gasteiger partial charge in [0.15, 0.2) is 0 Å². The van der Waals surface area contributed by atoms with Gasteiger partial charge in [-0.15, -0.1) is 0 Å². The molecule has 0 unspecified atom stereocenters. The molecule has 114 valence electrons. The second kappa shape index (κ2) is 6.23. The van der Waals surface area contributed by atoms with E-state index in [4.69, 9.17) is 0 Å². The maximum atomic E-state index is 13.0. The van der Waals surface area contributed by atoms with Gasteiger partial charge in [-0.3, -0.25) is 4.79 Å². The van der Waals surface area contributed by atoms with E-state index >= 15 is 0 Å². The highest BCUT2D eigenvalue weighted by atomic mass is 19.1. The van der Waals surface area contributed by atoms with E-state index in [1.54, 1.807) is 24.3 Å². The lowest BCUT2D eigenvalue weighted by atomic mass is 10.1. The first-order chi connectivity index (χ1) is 11.1. The highest BCUT2D eigenvalue weighted by molar-refractivity contribution is 6.03. The number of para-hydroxylation sites is 1. The largest absolute Gasteiger partial charge is 0.346 e. The molecule has 0 saturated carbocycles. The van der Waals surface area contributed by atoms with Crippen LogP contribution < -0.4 is 11.0 Å². The van der Waals surface area contributed by atoms with Crippen molar-refractivity contribution in [3.63, 3.8) is 0 Å². The molecule has 0 aliphatic carbocycles. The highest BCUT2D eigenvalue weighted by Gasteiger charge is 2.11. The average Bonchev–Trinajstić information content (AvgIpc) is 2.56. The van der Waals surface area contributed by atoms with Gasteiger partial charge in [-0.25, -0.2) is 9.18 Å². The molecule has 0 saturated heterocycles. The Kier molecular flexibility index (Phi) is 3.97. The molecule has 3 rings (SSSR count). The van der Waals surface area contributed by atoms with Crippen LogP contribution in [0.4, 0.5) is 10.1 Å². The predicted octanol–water partition coefficient (Wildman–Crippen LogP) is 2.83. The number of hydrogen-bond donors (Lipinski definition) is 2. The van der Waals surface area contributed by atoms with E-state index in [-0.39, 0.29) is 11.5 Å². The van der Waals surface area contributed by atoms with Crippen molar-refractivity contribution in [1.29, 1.82) is 0 Å². The summed E-state index contributed by atoms with van der Waals surface area (Å²) in [5.74, 6) is -0.848. The molecule has 0 aliphatic rings. The topological polar surface area (TPSA) is 74.8 Å². The average molecular weight is 309 g/mol. The van der Waals surface area contributed by atoms with Crippen LogP contribution in [-0.4, -0.2) is 15.9 Å². The van der Waals surface area contributed by atoms with Gasteiger partial charge in [-0.2, -0.15) is 4.98 Å². The second-order valence-corrected chi connectivity index (χ2v) is 4.81. The fourth-order valence-corrected chi connectivity index (χ4v) is 2.07. The van der Waals surface area contributed by atoms with Crippen LogP contribution in [0.25, 0.3) is 11.3 Å². The standard InChI is InChI=1S/C17H12FN3O2/c18-12-8-6-11(7-9-12)14-10-15(21-17(23)20-14)16(22)19-13-4-2-1-3-5-13/h1-10H,(H,19,22)(H,20,21,23). The molecule has 5 nitrogen and oxygen atoms in total.